The van der Waals surface area contributed by atoms with E-state index < -0.39 is 35.8 Å². The Bertz CT molecular complexity index is 1350. The summed E-state index contributed by atoms with van der Waals surface area (Å²) in [7, 11) is 0. The molecule has 41 heavy (non-hydrogen) atoms. The second kappa shape index (κ2) is 12.2. The van der Waals surface area contributed by atoms with Gasteiger partial charge in [-0.2, -0.15) is 0 Å². The average molecular weight is 556 g/mol. The molecule has 7 heteroatoms. The van der Waals surface area contributed by atoms with E-state index in [1.165, 1.54) is 4.90 Å². The fourth-order valence-corrected chi connectivity index (χ4v) is 5.66. The predicted molar refractivity (Wildman–Crippen MR) is 155 cm³/mol. The Morgan fingerprint density at radius 3 is 2.10 bits per heavy atom. The first kappa shape index (κ1) is 28.4. The van der Waals surface area contributed by atoms with E-state index in [0.29, 0.717) is 13.0 Å². The van der Waals surface area contributed by atoms with E-state index in [0.717, 1.165) is 40.7 Å². The van der Waals surface area contributed by atoms with Crippen molar-refractivity contribution in [3.8, 4) is 11.1 Å². The molecule has 3 aromatic rings. The zero-order chi connectivity index (χ0) is 29.0. The van der Waals surface area contributed by atoms with Crippen LogP contribution in [0.15, 0.2) is 78.9 Å². The van der Waals surface area contributed by atoms with E-state index in [1.807, 2.05) is 54.6 Å². The third-order valence-electron chi connectivity index (χ3n) is 7.54. The lowest BCUT2D eigenvalue weighted by atomic mass is 9.98. The quantitative estimate of drug-likeness (QED) is 0.252. The molecule has 1 fully saturated rings. The van der Waals surface area contributed by atoms with Gasteiger partial charge in [0, 0.05) is 18.9 Å². The Morgan fingerprint density at radius 2 is 1.46 bits per heavy atom. The van der Waals surface area contributed by atoms with Crippen LogP contribution in [0, 0.1) is 0 Å². The summed E-state index contributed by atoms with van der Waals surface area (Å²) in [5.41, 5.74) is 4.64. The monoisotopic (exact) mass is 555 g/mol. The molecule has 0 unspecified atom stereocenters. The molecule has 1 saturated heterocycles. The third kappa shape index (κ3) is 6.62. The molecule has 1 amide bonds. The van der Waals surface area contributed by atoms with Gasteiger partial charge in [-0.25, -0.2) is 14.4 Å². The minimum atomic E-state index is -1.13. The second-order valence-electron chi connectivity index (χ2n) is 11.7. The van der Waals surface area contributed by atoms with Crippen LogP contribution >= 0.6 is 0 Å². The molecule has 1 heterocycles. The van der Waals surface area contributed by atoms with Crippen LogP contribution in [-0.4, -0.2) is 53.8 Å². The zero-order valence-corrected chi connectivity index (χ0v) is 23.9. The lowest BCUT2D eigenvalue weighted by Crippen LogP contribution is -2.50. The molecule has 0 aromatic heterocycles. The van der Waals surface area contributed by atoms with E-state index in [9.17, 15) is 14.4 Å². The lowest BCUT2D eigenvalue weighted by Gasteiger charge is -2.34. The molecule has 0 spiro atoms. The van der Waals surface area contributed by atoms with Crippen molar-refractivity contribution in [3.05, 3.63) is 95.6 Å². The fourth-order valence-electron chi connectivity index (χ4n) is 5.66. The number of amides is 1. The van der Waals surface area contributed by atoms with E-state index in [-0.39, 0.29) is 18.9 Å². The molecule has 0 radical (unpaired) electrons. The highest BCUT2D eigenvalue weighted by Crippen LogP contribution is 2.44. The van der Waals surface area contributed by atoms with Crippen molar-refractivity contribution >= 4 is 18.0 Å². The highest BCUT2D eigenvalue weighted by Gasteiger charge is 2.38. The maximum atomic E-state index is 13.5. The van der Waals surface area contributed by atoms with Gasteiger partial charge in [0.2, 0.25) is 6.10 Å². The maximum Gasteiger partial charge on any atom is 0.410 e. The molecule has 214 valence electrons. The van der Waals surface area contributed by atoms with Crippen molar-refractivity contribution in [1.29, 1.82) is 0 Å². The molecule has 7 nitrogen and oxygen atoms in total. The number of carbonyl (C=O) groups excluding carboxylic acids is 3. The topological polar surface area (TPSA) is 82.1 Å². The number of hydrogen-bond acceptors (Lipinski definition) is 6. The van der Waals surface area contributed by atoms with Gasteiger partial charge >= 0.3 is 18.0 Å². The number of fused-ring (bicyclic) bond motifs is 3. The molecular formula is C34H37NO6. The van der Waals surface area contributed by atoms with Gasteiger partial charge in [0.05, 0.1) is 0 Å². The molecule has 1 aliphatic carbocycles. The molecule has 2 atom stereocenters. The maximum absolute atomic E-state index is 13.5. The number of hydrogen-bond donors (Lipinski definition) is 0. The number of benzene rings is 3. The van der Waals surface area contributed by atoms with Crippen molar-refractivity contribution in [2.24, 2.45) is 0 Å². The van der Waals surface area contributed by atoms with Crippen LogP contribution in [0.5, 0.6) is 0 Å². The third-order valence-corrected chi connectivity index (χ3v) is 7.54. The Balaban J connectivity index is 1.28. The SMILES string of the molecule is CC(C)(C)OC(=O)[C@@H](Cc1ccccc1)OC(=O)[C@@H]1CCCCN1C(=O)OCC1c2ccccc2-c2ccccc21. The number of ether oxygens (including phenoxy) is 3. The van der Waals surface area contributed by atoms with Gasteiger partial charge in [-0.1, -0.05) is 78.9 Å². The summed E-state index contributed by atoms with van der Waals surface area (Å²) in [5, 5.41) is 0. The molecule has 0 saturated carbocycles. The number of rotatable bonds is 7. The van der Waals surface area contributed by atoms with Crippen LogP contribution in [0.25, 0.3) is 11.1 Å². The van der Waals surface area contributed by atoms with Crippen LogP contribution in [0.2, 0.25) is 0 Å². The predicted octanol–water partition coefficient (Wildman–Crippen LogP) is 6.29. The summed E-state index contributed by atoms with van der Waals surface area (Å²) < 4.78 is 17.2. The smallest absolute Gasteiger partial charge is 0.410 e. The minimum absolute atomic E-state index is 0.0797. The largest absolute Gasteiger partial charge is 0.457 e. The number of nitrogens with zero attached hydrogens (tertiary/aromatic N) is 1. The summed E-state index contributed by atoms with van der Waals surface area (Å²) >= 11 is 0. The van der Waals surface area contributed by atoms with Crippen LogP contribution < -0.4 is 0 Å². The Labute approximate surface area is 241 Å². The molecule has 0 N–H and O–H groups in total. The van der Waals surface area contributed by atoms with Crippen LogP contribution in [0.1, 0.15) is 62.6 Å². The van der Waals surface area contributed by atoms with Crippen molar-refractivity contribution < 1.29 is 28.6 Å². The average Bonchev–Trinajstić information content (AvgIpc) is 3.29. The van der Waals surface area contributed by atoms with Gasteiger partial charge in [0.15, 0.2) is 0 Å². The second-order valence-corrected chi connectivity index (χ2v) is 11.7. The number of piperidine rings is 1. The summed E-state index contributed by atoms with van der Waals surface area (Å²) in [6.45, 7) is 5.86. The van der Waals surface area contributed by atoms with Crippen molar-refractivity contribution in [2.45, 2.75) is 70.1 Å². The molecule has 0 bridgehead atoms. The van der Waals surface area contributed by atoms with Crippen molar-refractivity contribution in [1.82, 2.24) is 4.90 Å². The highest BCUT2D eigenvalue weighted by molar-refractivity contribution is 5.85. The first-order valence-corrected chi connectivity index (χ1v) is 14.3. The van der Waals surface area contributed by atoms with Gasteiger partial charge in [-0.3, -0.25) is 4.90 Å². The summed E-state index contributed by atoms with van der Waals surface area (Å²) in [4.78, 5) is 41.4. The Kier molecular flexibility index (Phi) is 8.43. The Hall–Kier alpha value is -4.13. The first-order valence-electron chi connectivity index (χ1n) is 14.3. The molecule has 5 rings (SSSR count). The molecular weight excluding hydrogens is 518 g/mol. The first-order chi connectivity index (χ1) is 19.7. The number of esters is 2. The van der Waals surface area contributed by atoms with Gasteiger partial charge < -0.3 is 14.2 Å². The normalized spacial score (nSPS) is 17.2. The zero-order valence-electron chi connectivity index (χ0n) is 23.9. The van der Waals surface area contributed by atoms with Crippen molar-refractivity contribution in [3.63, 3.8) is 0 Å². The summed E-state index contributed by atoms with van der Waals surface area (Å²) in [6.07, 6.45) is 0.464. The summed E-state index contributed by atoms with van der Waals surface area (Å²) in [5.74, 6) is -1.31. The van der Waals surface area contributed by atoms with Crippen molar-refractivity contribution in [2.75, 3.05) is 13.2 Å². The number of likely N-dealkylation sites (tertiary alicyclic amines) is 1. The van der Waals surface area contributed by atoms with Gasteiger partial charge in [-0.05, 0) is 67.9 Å². The van der Waals surface area contributed by atoms with E-state index in [1.54, 1.807) is 20.8 Å². The summed E-state index contributed by atoms with van der Waals surface area (Å²) in [6, 6.07) is 24.8. The van der Waals surface area contributed by atoms with Gasteiger partial charge in [-0.15, -0.1) is 0 Å². The fraction of sp³-hybridized carbons (Fsp3) is 0.382. The molecule has 1 aliphatic heterocycles. The van der Waals surface area contributed by atoms with Crippen LogP contribution in [0.4, 0.5) is 4.79 Å². The van der Waals surface area contributed by atoms with E-state index in [2.05, 4.69) is 24.3 Å². The number of carbonyl (C=O) groups is 3. The molecule has 3 aromatic carbocycles. The van der Waals surface area contributed by atoms with Gasteiger partial charge in [0.25, 0.3) is 0 Å². The lowest BCUT2D eigenvalue weighted by molar-refractivity contribution is -0.178. The van der Waals surface area contributed by atoms with Crippen LogP contribution in [-0.2, 0) is 30.2 Å². The van der Waals surface area contributed by atoms with Crippen LogP contribution in [0.3, 0.4) is 0 Å². The van der Waals surface area contributed by atoms with Gasteiger partial charge in [0.1, 0.15) is 18.2 Å². The standard InChI is InChI=1S/C34H37NO6/c1-34(2,3)41-32(37)30(21-23-13-5-4-6-14-23)40-31(36)29-19-11-12-20-35(29)33(38)39-22-28-26-17-9-7-15-24(26)25-16-8-10-18-27(25)28/h4-10,13-18,28-30H,11-12,19-22H2,1-3H3/t29-,30+/m0/s1. The van der Waals surface area contributed by atoms with E-state index >= 15 is 0 Å². The molecule has 2 aliphatic rings. The Morgan fingerprint density at radius 1 is 0.854 bits per heavy atom. The van der Waals surface area contributed by atoms with E-state index in [4.69, 9.17) is 14.2 Å². The highest BCUT2D eigenvalue weighted by atomic mass is 16.6. The minimum Gasteiger partial charge on any atom is -0.457 e.